The predicted molar refractivity (Wildman–Crippen MR) is 55.0 cm³/mol. The van der Waals surface area contributed by atoms with Gasteiger partial charge >= 0.3 is 5.97 Å². The van der Waals surface area contributed by atoms with Crippen LogP contribution in [-0.2, 0) is 20.9 Å². The Morgan fingerprint density at radius 2 is 2.38 bits per heavy atom. The molecule has 1 amide bonds. The zero-order valence-electron chi connectivity index (χ0n) is 9.01. The fourth-order valence-electron chi connectivity index (χ4n) is 0.990. The maximum atomic E-state index is 11.4. The molecule has 88 valence electrons. The van der Waals surface area contributed by atoms with Gasteiger partial charge in [-0.15, -0.1) is 0 Å². The van der Waals surface area contributed by atoms with Crippen molar-refractivity contribution in [2.24, 2.45) is 0 Å². The van der Waals surface area contributed by atoms with Gasteiger partial charge < -0.3 is 15.2 Å². The first kappa shape index (κ1) is 12.2. The molecule has 1 atom stereocenters. The molecule has 2 N–H and O–H groups in total. The number of hydrogen-bond donors (Lipinski definition) is 2. The second-order valence-corrected chi connectivity index (χ2v) is 3.16. The summed E-state index contributed by atoms with van der Waals surface area (Å²) in [6, 6.07) is 1.52. The molecule has 0 saturated heterocycles. The van der Waals surface area contributed by atoms with E-state index in [1.165, 1.54) is 24.1 Å². The number of aliphatic carboxylic acids is 1. The average Bonchev–Trinajstić information content (AvgIpc) is 2.63. The Labute approximate surface area is 92.0 Å². The summed E-state index contributed by atoms with van der Waals surface area (Å²) < 4.78 is 6.03. The van der Waals surface area contributed by atoms with E-state index in [0.29, 0.717) is 5.82 Å². The van der Waals surface area contributed by atoms with Crippen LogP contribution in [-0.4, -0.2) is 40.0 Å². The zero-order chi connectivity index (χ0) is 12.1. The van der Waals surface area contributed by atoms with Gasteiger partial charge in [-0.3, -0.25) is 14.3 Å². The molecule has 7 nitrogen and oxygen atoms in total. The number of carbonyl (C=O) groups is 2. The highest BCUT2D eigenvalue weighted by atomic mass is 16.5. The lowest BCUT2D eigenvalue weighted by molar-refractivity contribution is -0.137. The quantitative estimate of drug-likeness (QED) is 0.735. The maximum Gasteiger partial charge on any atom is 0.325 e. The number of nitrogens with zero attached hydrogens (tertiary/aromatic N) is 2. The number of hydrogen-bond acceptors (Lipinski definition) is 4. The van der Waals surface area contributed by atoms with E-state index >= 15 is 0 Å². The minimum absolute atomic E-state index is 0.240. The van der Waals surface area contributed by atoms with Crippen molar-refractivity contribution in [1.29, 1.82) is 0 Å². The van der Waals surface area contributed by atoms with Crippen molar-refractivity contribution >= 4 is 17.7 Å². The third-order valence-corrected chi connectivity index (χ3v) is 1.91. The van der Waals surface area contributed by atoms with Crippen molar-refractivity contribution in [3.05, 3.63) is 12.3 Å². The number of ether oxygens (including phenoxy) is 1. The van der Waals surface area contributed by atoms with E-state index in [-0.39, 0.29) is 12.5 Å². The van der Waals surface area contributed by atoms with Crippen LogP contribution >= 0.6 is 0 Å². The highest BCUT2D eigenvalue weighted by Crippen LogP contribution is 2.03. The van der Waals surface area contributed by atoms with Gasteiger partial charge in [-0.25, -0.2) is 0 Å². The number of nitrogens with one attached hydrogen (secondary N) is 1. The van der Waals surface area contributed by atoms with Gasteiger partial charge in [-0.2, -0.15) is 5.10 Å². The van der Waals surface area contributed by atoms with E-state index < -0.39 is 12.1 Å². The van der Waals surface area contributed by atoms with Gasteiger partial charge in [0.05, 0.1) is 0 Å². The smallest absolute Gasteiger partial charge is 0.325 e. The van der Waals surface area contributed by atoms with Gasteiger partial charge in [0.15, 0.2) is 5.82 Å². The molecule has 0 spiro atoms. The van der Waals surface area contributed by atoms with Gasteiger partial charge in [-0.05, 0) is 6.92 Å². The van der Waals surface area contributed by atoms with Gasteiger partial charge in [0.2, 0.25) is 0 Å². The summed E-state index contributed by atoms with van der Waals surface area (Å²) in [6.45, 7) is 1.36. The Kier molecular flexibility index (Phi) is 4.01. The van der Waals surface area contributed by atoms with E-state index in [1.54, 1.807) is 6.92 Å². The monoisotopic (exact) mass is 227 g/mol. The lowest BCUT2D eigenvalue weighted by Gasteiger charge is -2.07. The van der Waals surface area contributed by atoms with Crippen molar-refractivity contribution < 1.29 is 19.4 Å². The van der Waals surface area contributed by atoms with E-state index in [0.717, 1.165) is 0 Å². The van der Waals surface area contributed by atoms with Crippen molar-refractivity contribution in [2.75, 3.05) is 12.4 Å². The third-order valence-electron chi connectivity index (χ3n) is 1.91. The molecule has 0 fully saturated rings. The molecule has 0 radical (unpaired) electrons. The second kappa shape index (κ2) is 5.26. The van der Waals surface area contributed by atoms with Gasteiger partial charge in [0.1, 0.15) is 12.6 Å². The lowest BCUT2D eigenvalue weighted by atomic mass is 10.4. The Morgan fingerprint density at radius 1 is 1.69 bits per heavy atom. The molecule has 16 heavy (non-hydrogen) atoms. The van der Waals surface area contributed by atoms with E-state index in [1.807, 2.05) is 0 Å². The van der Waals surface area contributed by atoms with Crippen molar-refractivity contribution in [3.63, 3.8) is 0 Å². The van der Waals surface area contributed by atoms with E-state index in [2.05, 4.69) is 10.4 Å². The average molecular weight is 227 g/mol. The molecule has 1 unspecified atom stereocenters. The first-order valence-corrected chi connectivity index (χ1v) is 4.62. The van der Waals surface area contributed by atoms with Crippen molar-refractivity contribution in [1.82, 2.24) is 9.78 Å². The van der Waals surface area contributed by atoms with Crippen LogP contribution in [0.15, 0.2) is 12.3 Å². The van der Waals surface area contributed by atoms with Gasteiger partial charge in [-0.1, -0.05) is 0 Å². The van der Waals surface area contributed by atoms with Crippen LogP contribution in [0.5, 0.6) is 0 Å². The molecule has 0 saturated carbocycles. The molecule has 0 aliphatic carbocycles. The van der Waals surface area contributed by atoms with Crippen LogP contribution in [0.2, 0.25) is 0 Å². The minimum Gasteiger partial charge on any atom is -0.480 e. The number of anilines is 1. The molecule has 0 aliphatic heterocycles. The van der Waals surface area contributed by atoms with Crippen LogP contribution in [0, 0.1) is 0 Å². The Morgan fingerprint density at radius 3 is 2.94 bits per heavy atom. The van der Waals surface area contributed by atoms with Crippen LogP contribution in [0.4, 0.5) is 5.82 Å². The van der Waals surface area contributed by atoms with E-state index in [4.69, 9.17) is 9.84 Å². The van der Waals surface area contributed by atoms with Gasteiger partial charge in [0.25, 0.3) is 5.91 Å². The molecular weight excluding hydrogens is 214 g/mol. The Hall–Kier alpha value is -1.89. The number of rotatable bonds is 5. The SMILES string of the molecule is COC(C)C(=O)Nc1ccn(CC(=O)O)n1. The summed E-state index contributed by atoms with van der Waals surface area (Å²) in [5.41, 5.74) is 0. The topological polar surface area (TPSA) is 93.5 Å². The molecule has 7 heteroatoms. The number of carboxylic acid groups (broad SMARTS) is 1. The number of carbonyl (C=O) groups excluding carboxylic acids is 1. The lowest BCUT2D eigenvalue weighted by Crippen LogP contribution is -2.26. The molecule has 1 heterocycles. The number of amides is 1. The second-order valence-electron chi connectivity index (χ2n) is 3.16. The summed E-state index contributed by atoms with van der Waals surface area (Å²) in [4.78, 5) is 21.8. The van der Waals surface area contributed by atoms with Crippen LogP contribution in [0.3, 0.4) is 0 Å². The molecule has 1 rings (SSSR count). The highest BCUT2D eigenvalue weighted by molar-refractivity contribution is 5.92. The largest absolute Gasteiger partial charge is 0.480 e. The van der Waals surface area contributed by atoms with Crippen molar-refractivity contribution in [2.45, 2.75) is 19.6 Å². The van der Waals surface area contributed by atoms with Crippen LogP contribution in [0.25, 0.3) is 0 Å². The molecule has 0 aliphatic rings. The molecule has 1 aromatic heterocycles. The first-order chi connectivity index (χ1) is 7.52. The molecule has 1 aromatic rings. The minimum atomic E-state index is -0.994. The fourth-order valence-corrected chi connectivity index (χ4v) is 0.990. The van der Waals surface area contributed by atoms with Gasteiger partial charge in [0, 0.05) is 19.4 Å². The standard InChI is InChI=1S/C9H13N3O4/c1-6(16-2)9(15)10-7-3-4-12(11-7)5-8(13)14/h3-4,6H,5H2,1-2H3,(H,13,14)(H,10,11,15). The first-order valence-electron chi connectivity index (χ1n) is 4.62. The molecule has 0 bridgehead atoms. The van der Waals surface area contributed by atoms with Crippen molar-refractivity contribution in [3.8, 4) is 0 Å². The fraction of sp³-hybridized carbons (Fsp3) is 0.444. The number of carboxylic acids is 1. The summed E-state index contributed by atoms with van der Waals surface area (Å²) in [7, 11) is 1.42. The summed E-state index contributed by atoms with van der Waals surface area (Å²) >= 11 is 0. The summed E-state index contributed by atoms with van der Waals surface area (Å²) in [5, 5.41) is 14.9. The summed E-state index contributed by atoms with van der Waals surface area (Å²) in [5.74, 6) is -1.02. The number of aromatic nitrogens is 2. The normalized spacial score (nSPS) is 12.1. The van der Waals surface area contributed by atoms with Crippen LogP contribution < -0.4 is 5.32 Å². The molecular formula is C9H13N3O4. The number of methoxy groups -OCH3 is 1. The molecule has 0 aromatic carbocycles. The third kappa shape index (κ3) is 3.35. The zero-order valence-corrected chi connectivity index (χ0v) is 9.01. The maximum absolute atomic E-state index is 11.4. The Balaban J connectivity index is 2.58. The summed E-state index contributed by atoms with van der Waals surface area (Å²) in [6.07, 6.45) is 0.894. The van der Waals surface area contributed by atoms with Crippen LogP contribution in [0.1, 0.15) is 6.92 Å². The predicted octanol–water partition coefficient (Wildman–Crippen LogP) is -0.0589. The Bertz CT molecular complexity index is 388. The van der Waals surface area contributed by atoms with E-state index in [9.17, 15) is 9.59 Å². The highest BCUT2D eigenvalue weighted by Gasteiger charge is 2.13.